The number of hydrogen-bond donors (Lipinski definition) is 0. The molecule has 1 unspecified atom stereocenters. The predicted octanol–water partition coefficient (Wildman–Crippen LogP) is 4.98. The van der Waals surface area contributed by atoms with Crippen molar-refractivity contribution in [1.29, 1.82) is 0 Å². The van der Waals surface area contributed by atoms with E-state index < -0.39 is 0 Å². The number of aryl methyl sites for hydroxylation is 1. The predicted molar refractivity (Wildman–Crippen MR) is 110 cm³/mol. The number of hydrogen-bond acceptors (Lipinski definition) is 5. The van der Waals surface area contributed by atoms with Gasteiger partial charge in [-0.05, 0) is 35.6 Å². The van der Waals surface area contributed by atoms with Gasteiger partial charge in [-0.25, -0.2) is 4.52 Å². The molecule has 5 nitrogen and oxygen atoms in total. The summed E-state index contributed by atoms with van der Waals surface area (Å²) in [6.07, 6.45) is 1.95. The second-order valence-corrected chi connectivity index (χ2v) is 8.38. The lowest BCUT2D eigenvalue weighted by Gasteiger charge is -2.21. The first-order valence-electron chi connectivity index (χ1n) is 9.25. The zero-order chi connectivity index (χ0) is 19.3. The molecule has 140 valence electrons. The number of halogens is 1. The lowest BCUT2D eigenvalue weighted by atomic mass is 9.87. The van der Waals surface area contributed by atoms with E-state index in [1.54, 1.807) is 11.3 Å². The van der Waals surface area contributed by atoms with Crippen LogP contribution in [0.1, 0.15) is 46.0 Å². The van der Waals surface area contributed by atoms with Crippen LogP contribution in [0, 0.1) is 0 Å². The Labute approximate surface area is 171 Å². The van der Waals surface area contributed by atoms with Gasteiger partial charge in [0.2, 0.25) is 0 Å². The first-order valence-corrected chi connectivity index (χ1v) is 10.5. The van der Waals surface area contributed by atoms with E-state index >= 15 is 0 Å². The molecule has 0 radical (unpaired) electrons. The Hall–Kier alpha value is -2.57. The van der Waals surface area contributed by atoms with E-state index in [-0.39, 0.29) is 11.7 Å². The first kappa shape index (κ1) is 17.5. The van der Waals surface area contributed by atoms with Crippen LogP contribution >= 0.6 is 22.9 Å². The van der Waals surface area contributed by atoms with Gasteiger partial charge in [0.15, 0.2) is 17.1 Å². The molecule has 1 atom stereocenters. The number of benzene rings is 1. The maximum atomic E-state index is 12.8. The summed E-state index contributed by atoms with van der Waals surface area (Å²) < 4.78 is 1.83. The number of rotatable bonds is 3. The van der Waals surface area contributed by atoms with Gasteiger partial charge in [0.1, 0.15) is 0 Å². The number of Topliss-reactive ketones (excluding diaryl/α,β-unsaturated/α-hetero) is 1. The monoisotopic (exact) mass is 408 g/mol. The number of thiophene rings is 1. The molecule has 7 heteroatoms. The van der Waals surface area contributed by atoms with Crippen molar-refractivity contribution < 1.29 is 4.79 Å². The third-order valence-corrected chi connectivity index (χ3v) is 6.51. The molecule has 28 heavy (non-hydrogen) atoms. The molecule has 3 aromatic heterocycles. The number of aromatic nitrogens is 4. The Morgan fingerprint density at radius 3 is 2.86 bits per heavy atom. The number of carbonyl (C=O) groups excluding carboxylic acids is 1. The Morgan fingerprint density at radius 1 is 1.21 bits per heavy atom. The fourth-order valence-electron chi connectivity index (χ4n) is 3.93. The highest BCUT2D eigenvalue weighted by atomic mass is 35.5. The second kappa shape index (κ2) is 6.79. The van der Waals surface area contributed by atoms with Crippen molar-refractivity contribution in [3.63, 3.8) is 0 Å². The Kier molecular flexibility index (Phi) is 4.25. The van der Waals surface area contributed by atoms with Gasteiger partial charge in [-0.1, -0.05) is 36.7 Å². The SMILES string of the molecule is CCc1nn2c3c(nnc2c1-c1cccc(Cl)c1)C(=O)CC(c1cccs1)C3. The van der Waals surface area contributed by atoms with Gasteiger partial charge in [-0.2, -0.15) is 5.10 Å². The molecule has 0 spiro atoms. The summed E-state index contributed by atoms with van der Waals surface area (Å²) >= 11 is 7.90. The molecule has 0 aliphatic heterocycles. The fraction of sp³-hybridized carbons (Fsp3) is 0.238. The van der Waals surface area contributed by atoms with Gasteiger partial charge in [-0.15, -0.1) is 21.5 Å². The zero-order valence-corrected chi connectivity index (χ0v) is 16.8. The third kappa shape index (κ3) is 2.75. The molecular weight excluding hydrogens is 392 g/mol. The molecule has 0 N–H and O–H groups in total. The molecule has 5 rings (SSSR count). The van der Waals surface area contributed by atoms with E-state index in [2.05, 4.69) is 28.6 Å². The zero-order valence-electron chi connectivity index (χ0n) is 15.2. The van der Waals surface area contributed by atoms with Crippen molar-refractivity contribution >= 4 is 34.4 Å². The van der Waals surface area contributed by atoms with Gasteiger partial charge in [0.25, 0.3) is 0 Å². The molecular formula is C21H17ClN4OS. The minimum absolute atomic E-state index is 0.0342. The molecule has 3 heterocycles. The molecule has 0 fully saturated rings. The maximum Gasteiger partial charge on any atom is 0.185 e. The second-order valence-electron chi connectivity index (χ2n) is 6.96. The summed E-state index contributed by atoms with van der Waals surface area (Å²) in [5.41, 5.74) is 4.80. The Balaban J connectivity index is 1.72. The van der Waals surface area contributed by atoms with Gasteiger partial charge in [0.05, 0.1) is 17.0 Å². The molecule has 0 bridgehead atoms. The number of fused-ring (bicyclic) bond motifs is 3. The van der Waals surface area contributed by atoms with Crippen molar-refractivity contribution in [3.05, 3.63) is 68.8 Å². The molecule has 0 amide bonds. The molecule has 4 aromatic rings. The highest BCUT2D eigenvalue weighted by molar-refractivity contribution is 7.10. The van der Waals surface area contributed by atoms with Crippen LogP contribution in [-0.2, 0) is 12.8 Å². The number of ketones is 1. The van der Waals surface area contributed by atoms with E-state index in [0.29, 0.717) is 22.8 Å². The highest BCUT2D eigenvalue weighted by Crippen LogP contribution is 2.36. The van der Waals surface area contributed by atoms with Crippen LogP contribution in [0.3, 0.4) is 0 Å². The molecule has 0 saturated carbocycles. The van der Waals surface area contributed by atoms with Crippen LogP contribution in [0.5, 0.6) is 0 Å². The Morgan fingerprint density at radius 2 is 2.11 bits per heavy atom. The standard InChI is InChI=1S/C21H17ClN4OS/c1-2-15-19(12-5-3-6-14(22)9-12)21-24-23-20-16(26(21)25-15)10-13(11-17(20)27)18-7-4-8-28-18/h3-9,13H,2,10-11H2,1H3. The summed E-state index contributed by atoms with van der Waals surface area (Å²) in [6.45, 7) is 2.06. The molecule has 1 aromatic carbocycles. The number of carbonyl (C=O) groups is 1. The van der Waals surface area contributed by atoms with E-state index in [1.807, 2.05) is 34.8 Å². The van der Waals surface area contributed by atoms with E-state index in [4.69, 9.17) is 16.7 Å². The minimum Gasteiger partial charge on any atom is -0.292 e. The highest BCUT2D eigenvalue weighted by Gasteiger charge is 2.32. The van der Waals surface area contributed by atoms with Gasteiger partial charge in [-0.3, -0.25) is 4.79 Å². The largest absolute Gasteiger partial charge is 0.292 e. The average molecular weight is 409 g/mol. The van der Waals surface area contributed by atoms with Crippen molar-refractivity contribution in [3.8, 4) is 11.1 Å². The minimum atomic E-state index is 0.0342. The molecule has 1 aliphatic carbocycles. The van der Waals surface area contributed by atoms with Crippen LogP contribution in [0.15, 0.2) is 41.8 Å². The fourth-order valence-corrected chi connectivity index (χ4v) is 4.95. The van der Waals surface area contributed by atoms with Crippen molar-refractivity contribution in [1.82, 2.24) is 19.8 Å². The van der Waals surface area contributed by atoms with Crippen molar-refractivity contribution in [2.45, 2.75) is 32.1 Å². The average Bonchev–Trinajstić information content (AvgIpc) is 3.35. The Bertz CT molecular complexity index is 1200. The van der Waals surface area contributed by atoms with Crippen LogP contribution in [-0.4, -0.2) is 25.6 Å². The summed E-state index contributed by atoms with van der Waals surface area (Å²) in [5.74, 6) is 0.197. The molecule has 1 aliphatic rings. The lowest BCUT2D eigenvalue weighted by Crippen LogP contribution is -2.23. The smallest absolute Gasteiger partial charge is 0.185 e. The summed E-state index contributed by atoms with van der Waals surface area (Å²) in [4.78, 5) is 14.0. The van der Waals surface area contributed by atoms with E-state index in [0.717, 1.165) is 35.4 Å². The lowest BCUT2D eigenvalue weighted by molar-refractivity contribution is 0.0956. The van der Waals surface area contributed by atoms with E-state index in [9.17, 15) is 4.79 Å². The maximum absolute atomic E-state index is 12.8. The van der Waals surface area contributed by atoms with Crippen LogP contribution in [0.25, 0.3) is 16.8 Å². The van der Waals surface area contributed by atoms with Crippen LogP contribution < -0.4 is 0 Å². The van der Waals surface area contributed by atoms with Gasteiger partial charge >= 0.3 is 0 Å². The number of nitrogens with zero attached hydrogens (tertiary/aromatic N) is 4. The topological polar surface area (TPSA) is 60.1 Å². The summed E-state index contributed by atoms with van der Waals surface area (Å²) in [5, 5.41) is 16.2. The van der Waals surface area contributed by atoms with Crippen molar-refractivity contribution in [2.24, 2.45) is 0 Å². The third-order valence-electron chi connectivity index (χ3n) is 5.24. The quantitative estimate of drug-likeness (QED) is 0.479. The molecule has 0 saturated heterocycles. The van der Waals surface area contributed by atoms with Gasteiger partial charge in [0, 0.05) is 28.7 Å². The first-order chi connectivity index (χ1) is 13.7. The van der Waals surface area contributed by atoms with E-state index in [1.165, 1.54) is 4.88 Å². The normalized spacial score (nSPS) is 16.5. The van der Waals surface area contributed by atoms with Crippen LogP contribution in [0.4, 0.5) is 0 Å². The summed E-state index contributed by atoms with van der Waals surface area (Å²) in [7, 11) is 0. The van der Waals surface area contributed by atoms with Gasteiger partial charge < -0.3 is 0 Å². The van der Waals surface area contributed by atoms with Crippen molar-refractivity contribution in [2.75, 3.05) is 0 Å². The summed E-state index contributed by atoms with van der Waals surface area (Å²) in [6, 6.07) is 11.8. The van der Waals surface area contributed by atoms with Crippen LogP contribution in [0.2, 0.25) is 5.02 Å².